The molecule has 0 aromatic heterocycles. The van der Waals surface area contributed by atoms with Gasteiger partial charge in [0.15, 0.2) is 0 Å². The molecule has 3 rings (SSSR count). The summed E-state index contributed by atoms with van der Waals surface area (Å²) in [6.45, 7) is 3.36. The van der Waals surface area contributed by atoms with Crippen molar-refractivity contribution in [3.63, 3.8) is 0 Å². The maximum atomic E-state index is 5.77. The van der Waals surface area contributed by atoms with Crippen molar-refractivity contribution in [3.8, 4) is 11.5 Å². The molecule has 1 unspecified atom stereocenters. The van der Waals surface area contributed by atoms with Crippen LogP contribution < -0.4 is 14.8 Å². The fourth-order valence-corrected chi connectivity index (χ4v) is 3.66. The molecule has 2 aliphatic rings. The second kappa shape index (κ2) is 4.71. The molecular weight excluding hydrogens is 238 g/mol. The van der Waals surface area contributed by atoms with Crippen molar-refractivity contribution in [1.82, 2.24) is 5.32 Å². The summed E-state index contributed by atoms with van der Waals surface area (Å²) in [6, 6.07) is 2.20. The van der Waals surface area contributed by atoms with Gasteiger partial charge in [-0.05, 0) is 51.6 Å². The number of hydrogen-bond acceptors (Lipinski definition) is 3. The molecule has 1 aromatic rings. The Hall–Kier alpha value is -1.22. The Bertz CT molecular complexity index is 490. The molecule has 3 heteroatoms. The van der Waals surface area contributed by atoms with Crippen molar-refractivity contribution in [2.24, 2.45) is 0 Å². The smallest absolute Gasteiger partial charge is 0.127 e. The van der Waals surface area contributed by atoms with Crippen molar-refractivity contribution in [2.75, 3.05) is 20.8 Å². The second-order valence-electron chi connectivity index (χ2n) is 5.83. The summed E-state index contributed by atoms with van der Waals surface area (Å²) in [5, 5.41) is 3.63. The van der Waals surface area contributed by atoms with Gasteiger partial charge in [-0.25, -0.2) is 0 Å². The summed E-state index contributed by atoms with van der Waals surface area (Å²) < 4.78 is 11.4. The predicted octanol–water partition coefficient (Wildman–Crippen LogP) is 2.79. The highest BCUT2D eigenvalue weighted by Gasteiger charge is 2.36. The first kappa shape index (κ1) is 12.8. The van der Waals surface area contributed by atoms with Crippen LogP contribution in [-0.2, 0) is 18.4 Å². The molecule has 1 saturated heterocycles. The topological polar surface area (TPSA) is 30.5 Å². The van der Waals surface area contributed by atoms with Gasteiger partial charge in [0, 0.05) is 22.2 Å². The second-order valence-corrected chi connectivity index (χ2v) is 5.83. The summed E-state index contributed by atoms with van der Waals surface area (Å²) in [6.07, 6.45) is 5.80. The number of methoxy groups -OCH3 is 2. The van der Waals surface area contributed by atoms with Gasteiger partial charge >= 0.3 is 0 Å². The van der Waals surface area contributed by atoms with Crippen LogP contribution in [0.5, 0.6) is 11.5 Å². The first-order chi connectivity index (χ1) is 9.19. The summed E-state index contributed by atoms with van der Waals surface area (Å²) >= 11 is 0. The van der Waals surface area contributed by atoms with Gasteiger partial charge < -0.3 is 14.8 Å². The van der Waals surface area contributed by atoms with Crippen molar-refractivity contribution < 1.29 is 9.47 Å². The third kappa shape index (κ3) is 1.91. The lowest BCUT2D eigenvalue weighted by atomic mass is 9.87. The molecule has 1 aliphatic heterocycles. The van der Waals surface area contributed by atoms with E-state index in [1.807, 2.05) is 0 Å². The van der Waals surface area contributed by atoms with Crippen LogP contribution in [0.1, 0.15) is 42.9 Å². The number of ether oxygens (including phenoxy) is 2. The minimum absolute atomic E-state index is 0.0241. The summed E-state index contributed by atoms with van der Waals surface area (Å²) in [4.78, 5) is 0. The van der Waals surface area contributed by atoms with Gasteiger partial charge in [-0.2, -0.15) is 0 Å². The molecule has 0 spiro atoms. The lowest BCUT2D eigenvalue weighted by Gasteiger charge is -2.29. The molecule has 3 nitrogen and oxygen atoms in total. The number of benzene rings is 1. The molecule has 0 radical (unpaired) electrons. The highest BCUT2D eigenvalue weighted by atomic mass is 16.5. The van der Waals surface area contributed by atoms with E-state index in [0.29, 0.717) is 0 Å². The van der Waals surface area contributed by atoms with E-state index in [1.54, 1.807) is 14.2 Å². The highest BCUT2D eigenvalue weighted by Crippen LogP contribution is 2.45. The molecule has 1 atom stereocenters. The largest absolute Gasteiger partial charge is 0.496 e. The van der Waals surface area contributed by atoms with Gasteiger partial charge in [0.25, 0.3) is 0 Å². The predicted molar refractivity (Wildman–Crippen MR) is 76.2 cm³/mol. The monoisotopic (exact) mass is 261 g/mol. The summed E-state index contributed by atoms with van der Waals surface area (Å²) in [5.41, 5.74) is 4.01. The Balaban J connectivity index is 2.18. The van der Waals surface area contributed by atoms with Crippen molar-refractivity contribution in [3.05, 3.63) is 22.8 Å². The molecule has 19 heavy (non-hydrogen) atoms. The van der Waals surface area contributed by atoms with Crippen molar-refractivity contribution >= 4 is 0 Å². The van der Waals surface area contributed by atoms with Gasteiger partial charge in [0.05, 0.1) is 14.2 Å². The van der Waals surface area contributed by atoms with E-state index in [4.69, 9.17) is 9.47 Å². The lowest BCUT2D eigenvalue weighted by Crippen LogP contribution is -2.33. The number of fused-ring (bicyclic) bond motifs is 1. The van der Waals surface area contributed by atoms with Crippen molar-refractivity contribution in [1.29, 1.82) is 0 Å². The zero-order valence-electron chi connectivity index (χ0n) is 12.1. The van der Waals surface area contributed by atoms with Gasteiger partial charge in [-0.3, -0.25) is 0 Å². The first-order valence-corrected chi connectivity index (χ1v) is 7.22. The van der Waals surface area contributed by atoms with Crippen molar-refractivity contribution in [2.45, 2.75) is 44.6 Å². The van der Waals surface area contributed by atoms with Gasteiger partial charge in [-0.15, -0.1) is 0 Å². The number of nitrogens with one attached hydrogen (secondary N) is 1. The average molecular weight is 261 g/mol. The molecule has 1 fully saturated rings. The van der Waals surface area contributed by atoms with Crippen LogP contribution in [0.25, 0.3) is 0 Å². The number of rotatable bonds is 3. The fraction of sp³-hybridized carbons (Fsp3) is 0.625. The van der Waals surface area contributed by atoms with Gasteiger partial charge in [0.1, 0.15) is 11.5 Å². The summed E-state index contributed by atoms with van der Waals surface area (Å²) in [5.74, 6) is 2.13. The zero-order chi connectivity index (χ0) is 13.5. The average Bonchev–Trinajstić information content (AvgIpc) is 3.06. The van der Waals surface area contributed by atoms with Gasteiger partial charge in [0.2, 0.25) is 0 Å². The molecule has 0 amide bonds. The van der Waals surface area contributed by atoms with Crippen LogP contribution in [0.4, 0.5) is 0 Å². The Morgan fingerprint density at radius 2 is 1.89 bits per heavy atom. The SMILES string of the molecule is COc1cc(C2(C)CCCN2)c(OC)c2c1CCC2. The van der Waals surface area contributed by atoms with Gasteiger partial charge in [-0.1, -0.05) is 0 Å². The highest BCUT2D eigenvalue weighted by molar-refractivity contribution is 5.58. The maximum Gasteiger partial charge on any atom is 0.127 e. The van der Waals surface area contributed by atoms with E-state index in [2.05, 4.69) is 18.3 Å². The molecule has 1 aromatic carbocycles. The molecule has 1 aliphatic carbocycles. The number of hydrogen-bond donors (Lipinski definition) is 1. The van der Waals surface area contributed by atoms with E-state index in [9.17, 15) is 0 Å². The van der Waals surface area contributed by atoms with Crippen LogP contribution in [0.2, 0.25) is 0 Å². The zero-order valence-corrected chi connectivity index (χ0v) is 12.1. The minimum atomic E-state index is 0.0241. The molecule has 0 saturated carbocycles. The molecule has 0 bridgehead atoms. The molecule has 1 heterocycles. The van der Waals surface area contributed by atoms with Crippen LogP contribution >= 0.6 is 0 Å². The molecule has 104 valence electrons. The van der Waals surface area contributed by atoms with E-state index in [1.165, 1.54) is 29.5 Å². The van der Waals surface area contributed by atoms with E-state index in [-0.39, 0.29) is 5.54 Å². The van der Waals surface area contributed by atoms with Crippen LogP contribution in [0.3, 0.4) is 0 Å². The Kier molecular flexibility index (Phi) is 3.17. The van der Waals surface area contributed by atoms with E-state index < -0.39 is 0 Å². The lowest BCUT2D eigenvalue weighted by molar-refractivity contribution is 0.360. The maximum absolute atomic E-state index is 5.77. The van der Waals surface area contributed by atoms with Crippen LogP contribution in [-0.4, -0.2) is 20.8 Å². The third-order valence-electron chi connectivity index (χ3n) is 4.70. The quantitative estimate of drug-likeness (QED) is 0.907. The summed E-state index contributed by atoms with van der Waals surface area (Å²) in [7, 11) is 3.57. The molecule has 1 N–H and O–H groups in total. The standard InChI is InChI=1S/C16H23NO2/c1-16(8-5-9-17-16)13-10-14(18-2)11-6-4-7-12(11)15(13)19-3/h10,17H,4-9H2,1-3H3. The third-order valence-corrected chi connectivity index (χ3v) is 4.70. The minimum Gasteiger partial charge on any atom is -0.496 e. The Labute approximate surface area is 115 Å². The Morgan fingerprint density at radius 3 is 2.53 bits per heavy atom. The Morgan fingerprint density at radius 1 is 1.11 bits per heavy atom. The molecular formula is C16H23NO2. The first-order valence-electron chi connectivity index (χ1n) is 7.22. The fourth-order valence-electron chi connectivity index (χ4n) is 3.66. The van der Waals surface area contributed by atoms with E-state index >= 15 is 0 Å². The van der Waals surface area contributed by atoms with Crippen LogP contribution in [0, 0.1) is 0 Å². The van der Waals surface area contributed by atoms with Crippen LogP contribution in [0.15, 0.2) is 6.07 Å². The van der Waals surface area contributed by atoms with E-state index in [0.717, 1.165) is 37.3 Å². The normalized spacial score (nSPS) is 25.4.